The standard InChI is InChI=1S/C13H17NO2/c1-13(2,3)11(14-12(15)16-4)10-8-6-5-7-9-10/h5-9H,1-4H3. The molecule has 1 aromatic rings. The molecule has 0 saturated carbocycles. The molecule has 86 valence electrons. The molecule has 16 heavy (non-hydrogen) atoms. The van der Waals surface area contributed by atoms with Crippen LogP contribution in [0.2, 0.25) is 0 Å². The summed E-state index contributed by atoms with van der Waals surface area (Å²) in [4.78, 5) is 15.2. The first-order valence-corrected chi connectivity index (χ1v) is 5.17. The molecule has 0 bridgehead atoms. The maximum atomic E-state index is 11.2. The Labute approximate surface area is 96.2 Å². The highest BCUT2D eigenvalue weighted by Crippen LogP contribution is 2.22. The number of rotatable bonds is 1. The second-order valence-electron chi connectivity index (χ2n) is 4.55. The Bertz CT molecular complexity index is 388. The van der Waals surface area contributed by atoms with Crippen LogP contribution >= 0.6 is 0 Å². The minimum Gasteiger partial charge on any atom is -0.451 e. The Morgan fingerprint density at radius 1 is 1.19 bits per heavy atom. The summed E-state index contributed by atoms with van der Waals surface area (Å²) in [6.07, 6.45) is -0.561. The zero-order chi connectivity index (χ0) is 12.2. The number of methoxy groups -OCH3 is 1. The van der Waals surface area contributed by atoms with Crippen LogP contribution in [0.4, 0.5) is 4.79 Å². The second kappa shape index (κ2) is 4.92. The molecule has 0 N–H and O–H groups in total. The largest absolute Gasteiger partial charge is 0.451 e. The Morgan fingerprint density at radius 2 is 1.75 bits per heavy atom. The van der Waals surface area contributed by atoms with Gasteiger partial charge in [-0.15, -0.1) is 0 Å². The van der Waals surface area contributed by atoms with E-state index in [-0.39, 0.29) is 5.41 Å². The third kappa shape index (κ3) is 3.19. The van der Waals surface area contributed by atoms with Crippen molar-refractivity contribution in [2.24, 2.45) is 10.4 Å². The molecule has 1 aromatic carbocycles. The fourth-order valence-electron chi connectivity index (χ4n) is 1.40. The third-order valence-electron chi connectivity index (χ3n) is 2.14. The lowest BCUT2D eigenvalue weighted by atomic mass is 9.85. The maximum Gasteiger partial charge on any atom is 0.433 e. The number of amides is 1. The zero-order valence-corrected chi connectivity index (χ0v) is 10.2. The molecule has 0 spiro atoms. The van der Waals surface area contributed by atoms with Crippen LogP contribution in [-0.2, 0) is 4.74 Å². The molecule has 3 nitrogen and oxygen atoms in total. The number of nitrogens with zero attached hydrogens (tertiary/aromatic N) is 1. The fraction of sp³-hybridized carbons (Fsp3) is 0.385. The minimum atomic E-state index is -0.561. The fourth-order valence-corrected chi connectivity index (χ4v) is 1.40. The first-order valence-electron chi connectivity index (χ1n) is 5.17. The van der Waals surface area contributed by atoms with Gasteiger partial charge in [0.05, 0.1) is 12.8 Å². The van der Waals surface area contributed by atoms with Gasteiger partial charge in [0, 0.05) is 5.41 Å². The lowest BCUT2D eigenvalue weighted by Gasteiger charge is -2.21. The van der Waals surface area contributed by atoms with Gasteiger partial charge in [0.1, 0.15) is 0 Å². The molecule has 0 saturated heterocycles. The lowest BCUT2D eigenvalue weighted by Crippen LogP contribution is -2.23. The summed E-state index contributed by atoms with van der Waals surface area (Å²) < 4.78 is 4.57. The van der Waals surface area contributed by atoms with Crippen LogP contribution in [0.25, 0.3) is 0 Å². The predicted octanol–water partition coefficient (Wildman–Crippen LogP) is 3.29. The summed E-state index contributed by atoms with van der Waals surface area (Å²) in [7, 11) is 1.33. The van der Waals surface area contributed by atoms with Gasteiger partial charge in [-0.25, -0.2) is 4.79 Å². The van der Waals surface area contributed by atoms with Gasteiger partial charge in [0.25, 0.3) is 0 Å². The van der Waals surface area contributed by atoms with E-state index >= 15 is 0 Å². The summed E-state index contributed by atoms with van der Waals surface area (Å²) in [5, 5.41) is 0. The molecular weight excluding hydrogens is 202 g/mol. The number of carbonyl (C=O) groups excluding carboxylic acids is 1. The third-order valence-corrected chi connectivity index (χ3v) is 2.14. The van der Waals surface area contributed by atoms with E-state index in [1.165, 1.54) is 7.11 Å². The van der Waals surface area contributed by atoms with Gasteiger partial charge < -0.3 is 4.74 Å². The van der Waals surface area contributed by atoms with Crippen LogP contribution in [0.15, 0.2) is 35.3 Å². The van der Waals surface area contributed by atoms with Crippen molar-refractivity contribution in [3.05, 3.63) is 35.9 Å². The van der Waals surface area contributed by atoms with Crippen LogP contribution in [0, 0.1) is 5.41 Å². The first-order chi connectivity index (χ1) is 7.45. The van der Waals surface area contributed by atoms with Gasteiger partial charge in [-0.05, 0) is 5.56 Å². The van der Waals surface area contributed by atoms with Crippen molar-refractivity contribution in [2.75, 3.05) is 7.11 Å². The quantitative estimate of drug-likeness (QED) is 0.680. The van der Waals surface area contributed by atoms with Gasteiger partial charge in [-0.3, -0.25) is 0 Å². The van der Waals surface area contributed by atoms with E-state index in [1.807, 2.05) is 51.1 Å². The van der Waals surface area contributed by atoms with Crippen LogP contribution in [0.3, 0.4) is 0 Å². The summed E-state index contributed by atoms with van der Waals surface area (Å²) in [6.45, 7) is 6.05. The van der Waals surface area contributed by atoms with Crippen LogP contribution in [-0.4, -0.2) is 18.9 Å². The number of carbonyl (C=O) groups is 1. The molecule has 0 fully saturated rings. The van der Waals surface area contributed by atoms with Gasteiger partial charge >= 0.3 is 6.09 Å². The Hall–Kier alpha value is -1.64. The topological polar surface area (TPSA) is 38.7 Å². The van der Waals surface area contributed by atoms with Gasteiger partial charge in [0.2, 0.25) is 0 Å². The first kappa shape index (κ1) is 12.4. The molecule has 0 radical (unpaired) electrons. The van der Waals surface area contributed by atoms with Gasteiger partial charge in [-0.1, -0.05) is 51.1 Å². The lowest BCUT2D eigenvalue weighted by molar-refractivity contribution is 0.182. The number of hydrogen-bond acceptors (Lipinski definition) is 2. The second-order valence-corrected chi connectivity index (χ2v) is 4.55. The number of hydrogen-bond donors (Lipinski definition) is 0. The highest BCUT2D eigenvalue weighted by Gasteiger charge is 2.21. The average Bonchev–Trinajstić information content (AvgIpc) is 2.25. The van der Waals surface area contributed by atoms with Crippen molar-refractivity contribution >= 4 is 11.8 Å². The van der Waals surface area contributed by atoms with Crippen molar-refractivity contribution in [3.63, 3.8) is 0 Å². The van der Waals surface area contributed by atoms with Crippen LogP contribution in [0.1, 0.15) is 26.3 Å². The van der Waals surface area contributed by atoms with Crippen molar-refractivity contribution < 1.29 is 9.53 Å². The summed E-state index contributed by atoms with van der Waals surface area (Å²) in [6, 6.07) is 9.66. The number of aliphatic imine (C=N–C) groups is 1. The molecule has 3 heteroatoms. The minimum absolute atomic E-state index is 0.199. The molecule has 1 amide bonds. The molecule has 0 aliphatic heterocycles. The van der Waals surface area contributed by atoms with E-state index in [4.69, 9.17) is 0 Å². The van der Waals surface area contributed by atoms with Crippen molar-refractivity contribution in [3.8, 4) is 0 Å². The molecule has 0 aliphatic rings. The van der Waals surface area contributed by atoms with Crippen LogP contribution in [0.5, 0.6) is 0 Å². The molecule has 0 aromatic heterocycles. The van der Waals surface area contributed by atoms with Gasteiger partial charge in [0.15, 0.2) is 0 Å². The smallest absolute Gasteiger partial charge is 0.433 e. The summed E-state index contributed by atoms with van der Waals surface area (Å²) in [5.41, 5.74) is 1.48. The zero-order valence-electron chi connectivity index (χ0n) is 10.2. The summed E-state index contributed by atoms with van der Waals surface area (Å²) >= 11 is 0. The molecular formula is C13H17NO2. The van der Waals surface area contributed by atoms with Crippen molar-refractivity contribution in [1.82, 2.24) is 0 Å². The maximum absolute atomic E-state index is 11.2. The molecule has 0 atom stereocenters. The Morgan fingerprint density at radius 3 is 2.19 bits per heavy atom. The highest BCUT2D eigenvalue weighted by molar-refractivity contribution is 6.08. The van der Waals surface area contributed by atoms with Crippen molar-refractivity contribution in [1.29, 1.82) is 0 Å². The number of ether oxygens (including phenoxy) is 1. The van der Waals surface area contributed by atoms with Crippen molar-refractivity contribution in [2.45, 2.75) is 20.8 Å². The normalized spacial score (nSPS) is 12.4. The van der Waals surface area contributed by atoms with E-state index in [0.29, 0.717) is 0 Å². The van der Waals surface area contributed by atoms with E-state index < -0.39 is 6.09 Å². The Balaban J connectivity index is 3.18. The molecule has 1 rings (SSSR count). The highest BCUT2D eigenvalue weighted by atomic mass is 16.5. The van der Waals surface area contributed by atoms with Crippen LogP contribution < -0.4 is 0 Å². The number of benzene rings is 1. The average molecular weight is 219 g/mol. The molecule has 0 aliphatic carbocycles. The van der Waals surface area contributed by atoms with E-state index in [0.717, 1.165) is 11.3 Å². The molecule has 0 heterocycles. The Kier molecular flexibility index (Phi) is 3.82. The SMILES string of the molecule is COC(=O)N=C(c1ccccc1)C(C)(C)C. The predicted molar refractivity (Wildman–Crippen MR) is 64.8 cm³/mol. The summed E-state index contributed by atoms with van der Waals surface area (Å²) in [5.74, 6) is 0. The van der Waals surface area contributed by atoms with Gasteiger partial charge in [-0.2, -0.15) is 4.99 Å². The monoisotopic (exact) mass is 219 g/mol. The van der Waals surface area contributed by atoms with E-state index in [9.17, 15) is 4.79 Å². The van der Waals surface area contributed by atoms with E-state index in [2.05, 4.69) is 9.73 Å². The van der Waals surface area contributed by atoms with E-state index in [1.54, 1.807) is 0 Å². The molecule has 0 unspecified atom stereocenters.